The number of aliphatic carboxylic acids is 1. The minimum atomic E-state index is -0.723. The van der Waals surface area contributed by atoms with Gasteiger partial charge in [0.2, 0.25) is 0 Å². The van der Waals surface area contributed by atoms with Gasteiger partial charge in [-0.1, -0.05) is 38.1 Å². The van der Waals surface area contributed by atoms with Gasteiger partial charge in [0.15, 0.2) is 0 Å². The lowest BCUT2D eigenvalue weighted by atomic mass is 10.1. The van der Waals surface area contributed by atoms with Crippen molar-refractivity contribution in [3.63, 3.8) is 0 Å². The van der Waals surface area contributed by atoms with Gasteiger partial charge < -0.3 is 10.4 Å². The molecule has 1 unspecified atom stereocenters. The molecule has 0 bridgehead atoms. The highest BCUT2D eigenvalue weighted by Gasteiger charge is 2.09. The number of hydrogen-bond donors (Lipinski definition) is 2. The van der Waals surface area contributed by atoms with Gasteiger partial charge in [-0.25, -0.2) is 0 Å². The van der Waals surface area contributed by atoms with Gasteiger partial charge in [-0.15, -0.1) is 0 Å². The first-order chi connectivity index (χ1) is 8.13. The van der Waals surface area contributed by atoms with Crippen LogP contribution in [0.2, 0.25) is 0 Å². The van der Waals surface area contributed by atoms with E-state index in [1.54, 1.807) is 6.92 Å². The Balaban J connectivity index is 2.24. The topological polar surface area (TPSA) is 49.3 Å². The first-order valence-corrected chi connectivity index (χ1v) is 6.14. The van der Waals surface area contributed by atoms with Gasteiger partial charge in [-0.05, 0) is 30.5 Å². The van der Waals surface area contributed by atoms with Crippen molar-refractivity contribution in [1.29, 1.82) is 0 Å². The first-order valence-electron chi connectivity index (χ1n) is 6.14. The lowest BCUT2D eigenvalue weighted by Crippen LogP contribution is -2.20. The molecule has 0 heterocycles. The lowest BCUT2D eigenvalue weighted by molar-refractivity contribution is -0.141. The maximum absolute atomic E-state index is 10.6. The predicted molar refractivity (Wildman–Crippen MR) is 68.9 cm³/mol. The van der Waals surface area contributed by atoms with Crippen molar-refractivity contribution in [1.82, 2.24) is 5.32 Å². The van der Waals surface area contributed by atoms with Crippen LogP contribution in [0.15, 0.2) is 24.3 Å². The summed E-state index contributed by atoms with van der Waals surface area (Å²) < 4.78 is 0. The van der Waals surface area contributed by atoms with Crippen LogP contribution < -0.4 is 5.32 Å². The smallest absolute Gasteiger partial charge is 0.306 e. The maximum atomic E-state index is 10.6. The summed E-state index contributed by atoms with van der Waals surface area (Å²) in [6, 6.07) is 8.51. The van der Waals surface area contributed by atoms with Crippen LogP contribution in [0.5, 0.6) is 0 Å². The van der Waals surface area contributed by atoms with E-state index in [0.717, 1.165) is 19.5 Å². The van der Waals surface area contributed by atoms with Crippen LogP contribution in [0.25, 0.3) is 0 Å². The molecular formula is C14H21NO2. The van der Waals surface area contributed by atoms with Crippen LogP contribution in [-0.4, -0.2) is 17.6 Å². The molecule has 1 rings (SSSR count). The average Bonchev–Trinajstić information content (AvgIpc) is 2.35. The quantitative estimate of drug-likeness (QED) is 0.714. The van der Waals surface area contributed by atoms with Crippen molar-refractivity contribution in [3.8, 4) is 0 Å². The van der Waals surface area contributed by atoms with Gasteiger partial charge in [-0.2, -0.15) is 0 Å². The molecule has 0 radical (unpaired) electrons. The van der Waals surface area contributed by atoms with Crippen LogP contribution in [0.1, 0.15) is 31.4 Å². The lowest BCUT2D eigenvalue weighted by Gasteiger charge is -2.08. The molecule has 3 nitrogen and oxygen atoms in total. The minimum absolute atomic E-state index is 0.273. The molecule has 0 aliphatic carbocycles. The molecule has 0 aromatic heterocycles. The molecule has 0 saturated carbocycles. The standard InChI is InChI=1S/C14H21NO2/c1-3-12-4-6-13(7-5-12)10-15-9-8-11(2)14(16)17/h4-7,11,15H,3,8-10H2,1-2H3,(H,16,17). The Kier molecular flexibility index (Phi) is 5.70. The number of carboxylic acids is 1. The van der Waals surface area contributed by atoms with Crippen molar-refractivity contribution >= 4 is 5.97 Å². The molecular weight excluding hydrogens is 214 g/mol. The first kappa shape index (κ1) is 13.7. The van der Waals surface area contributed by atoms with E-state index in [9.17, 15) is 4.79 Å². The van der Waals surface area contributed by atoms with E-state index < -0.39 is 5.97 Å². The van der Waals surface area contributed by atoms with Gasteiger partial charge in [0.1, 0.15) is 0 Å². The van der Waals surface area contributed by atoms with Gasteiger partial charge >= 0.3 is 5.97 Å². The molecule has 0 amide bonds. The zero-order valence-corrected chi connectivity index (χ0v) is 10.6. The molecule has 0 aliphatic heterocycles. The summed E-state index contributed by atoms with van der Waals surface area (Å²) in [6.45, 7) is 5.42. The summed E-state index contributed by atoms with van der Waals surface area (Å²) in [6.07, 6.45) is 1.73. The summed E-state index contributed by atoms with van der Waals surface area (Å²) in [5.74, 6) is -0.996. The summed E-state index contributed by atoms with van der Waals surface area (Å²) in [4.78, 5) is 10.6. The fourth-order valence-corrected chi connectivity index (χ4v) is 1.57. The number of carboxylic acid groups (broad SMARTS) is 1. The third-order valence-corrected chi connectivity index (χ3v) is 2.94. The minimum Gasteiger partial charge on any atom is -0.481 e. The van der Waals surface area contributed by atoms with Crippen LogP contribution >= 0.6 is 0 Å². The second-order valence-electron chi connectivity index (χ2n) is 4.37. The van der Waals surface area contributed by atoms with Crippen molar-refractivity contribution in [2.75, 3.05) is 6.54 Å². The molecule has 0 saturated heterocycles. The summed E-state index contributed by atoms with van der Waals surface area (Å²) in [7, 11) is 0. The summed E-state index contributed by atoms with van der Waals surface area (Å²) >= 11 is 0. The number of aryl methyl sites for hydroxylation is 1. The fraction of sp³-hybridized carbons (Fsp3) is 0.500. The van der Waals surface area contributed by atoms with Gasteiger partial charge in [0.05, 0.1) is 5.92 Å². The zero-order valence-electron chi connectivity index (χ0n) is 10.6. The number of benzene rings is 1. The van der Waals surface area contributed by atoms with E-state index in [2.05, 4.69) is 36.5 Å². The molecule has 2 N–H and O–H groups in total. The highest BCUT2D eigenvalue weighted by molar-refractivity contribution is 5.69. The Morgan fingerprint density at radius 1 is 1.29 bits per heavy atom. The van der Waals surface area contributed by atoms with Crippen molar-refractivity contribution in [3.05, 3.63) is 35.4 Å². The van der Waals surface area contributed by atoms with Crippen molar-refractivity contribution in [2.45, 2.75) is 33.2 Å². The Labute approximate surface area is 103 Å². The highest BCUT2D eigenvalue weighted by Crippen LogP contribution is 2.05. The Morgan fingerprint density at radius 2 is 1.88 bits per heavy atom. The monoisotopic (exact) mass is 235 g/mol. The van der Waals surface area contributed by atoms with E-state index in [1.807, 2.05) is 0 Å². The molecule has 94 valence electrons. The second-order valence-corrected chi connectivity index (χ2v) is 4.37. The second kappa shape index (κ2) is 7.07. The summed E-state index contributed by atoms with van der Waals surface area (Å²) in [5.41, 5.74) is 2.58. The van der Waals surface area contributed by atoms with Crippen LogP contribution in [0, 0.1) is 5.92 Å². The highest BCUT2D eigenvalue weighted by atomic mass is 16.4. The number of rotatable bonds is 7. The third-order valence-electron chi connectivity index (χ3n) is 2.94. The molecule has 1 aromatic rings. The average molecular weight is 235 g/mol. The fourth-order valence-electron chi connectivity index (χ4n) is 1.57. The van der Waals surface area contributed by atoms with E-state index >= 15 is 0 Å². The zero-order chi connectivity index (χ0) is 12.7. The molecule has 1 aromatic carbocycles. The Morgan fingerprint density at radius 3 is 2.41 bits per heavy atom. The van der Waals surface area contributed by atoms with Crippen LogP contribution in [0.3, 0.4) is 0 Å². The van der Waals surface area contributed by atoms with Gasteiger partial charge in [0.25, 0.3) is 0 Å². The van der Waals surface area contributed by atoms with Crippen molar-refractivity contribution in [2.24, 2.45) is 5.92 Å². The number of nitrogens with one attached hydrogen (secondary N) is 1. The van der Waals surface area contributed by atoms with Crippen LogP contribution in [0.4, 0.5) is 0 Å². The molecule has 17 heavy (non-hydrogen) atoms. The summed E-state index contributed by atoms with van der Waals surface area (Å²) in [5, 5.41) is 12.0. The Bertz CT molecular complexity index is 346. The number of carbonyl (C=O) groups is 1. The van der Waals surface area contributed by atoms with E-state index in [-0.39, 0.29) is 5.92 Å². The molecule has 3 heteroatoms. The molecule has 1 atom stereocenters. The molecule has 0 aliphatic rings. The molecule has 0 spiro atoms. The SMILES string of the molecule is CCc1ccc(CNCCC(C)C(=O)O)cc1. The molecule has 0 fully saturated rings. The normalized spacial score (nSPS) is 12.4. The van der Waals surface area contributed by atoms with E-state index in [1.165, 1.54) is 11.1 Å². The predicted octanol–water partition coefficient (Wildman–Crippen LogP) is 2.45. The maximum Gasteiger partial charge on any atom is 0.306 e. The Hall–Kier alpha value is -1.35. The van der Waals surface area contributed by atoms with E-state index in [0.29, 0.717) is 6.42 Å². The van der Waals surface area contributed by atoms with Crippen LogP contribution in [-0.2, 0) is 17.8 Å². The number of hydrogen-bond acceptors (Lipinski definition) is 2. The van der Waals surface area contributed by atoms with E-state index in [4.69, 9.17) is 5.11 Å². The van der Waals surface area contributed by atoms with Gasteiger partial charge in [0, 0.05) is 6.54 Å². The van der Waals surface area contributed by atoms with Crippen molar-refractivity contribution < 1.29 is 9.90 Å². The third kappa shape index (κ3) is 5.00. The largest absolute Gasteiger partial charge is 0.481 e. The van der Waals surface area contributed by atoms with Gasteiger partial charge in [-0.3, -0.25) is 4.79 Å².